The number of hydrogen-bond donors (Lipinski definition) is 1. The summed E-state index contributed by atoms with van der Waals surface area (Å²) in [6.07, 6.45) is 0.525. The number of nitrogens with zero attached hydrogens (tertiary/aromatic N) is 2. The second kappa shape index (κ2) is 12.8. The van der Waals surface area contributed by atoms with Crippen molar-refractivity contribution in [2.75, 3.05) is 13.1 Å². The van der Waals surface area contributed by atoms with Crippen LogP contribution in [0.5, 0.6) is 0 Å². The van der Waals surface area contributed by atoms with E-state index in [0.29, 0.717) is 18.7 Å². The van der Waals surface area contributed by atoms with Crippen molar-refractivity contribution < 1.29 is 14.3 Å². The molecule has 4 aromatic carbocycles. The monoisotopic (exact) mass is 585 g/mol. The SMILES string of the molecule is Cc1c(C)n(Cc2ccc(-c3ccccc3)cc2)c2ccc(C(=O)N[C@@H](C)[C@@H]3CCN(C(=O)OCc4ccccc4)C3)cc12. The second-order valence-electron chi connectivity index (χ2n) is 11.9. The zero-order valence-electron chi connectivity index (χ0n) is 25.6. The lowest BCUT2D eigenvalue weighted by Gasteiger charge is -2.21. The highest BCUT2D eigenvalue weighted by molar-refractivity contribution is 5.99. The van der Waals surface area contributed by atoms with Crippen molar-refractivity contribution in [2.45, 2.75) is 46.4 Å². The molecule has 6 nitrogen and oxygen atoms in total. The third-order valence-electron chi connectivity index (χ3n) is 9.06. The Labute approximate surface area is 259 Å². The topological polar surface area (TPSA) is 63.6 Å². The molecule has 1 aliphatic heterocycles. The molecule has 0 aliphatic carbocycles. The van der Waals surface area contributed by atoms with Gasteiger partial charge in [-0.25, -0.2) is 4.79 Å². The Morgan fingerprint density at radius 1 is 0.864 bits per heavy atom. The van der Waals surface area contributed by atoms with Gasteiger partial charge in [0.1, 0.15) is 6.61 Å². The number of likely N-dealkylation sites (tertiary alicyclic amines) is 1. The molecule has 0 saturated carbocycles. The summed E-state index contributed by atoms with van der Waals surface area (Å²) < 4.78 is 7.84. The Morgan fingerprint density at radius 3 is 2.27 bits per heavy atom. The van der Waals surface area contributed by atoms with Crippen molar-refractivity contribution in [3.05, 3.63) is 131 Å². The summed E-state index contributed by atoms with van der Waals surface area (Å²) in [5, 5.41) is 4.29. The van der Waals surface area contributed by atoms with Crippen LogP contribution in [-0.2, 0) is 17.9 Å². The van der Waals surface area contributed by atoms with Gasteiger partial charge in [0.25, 0.3) is 5.91 Å². The van der Waals surface area contributed by atoms with Crippen molar-refractivity contribution in [3.63, 3.8) is 0 Å². The van der Waals surface area contributed by atoms with E-state index in [9.17, 15) is 9.59 Å². The summed E-state index contributed by atoms with van der Waals surface area (Å²) in [6, 6.07) is 34.8. The van der Waals surface area contributed by atoms with Gasteiger partial charge in [0.2, 0.25) is 0 Å². The minimum Gasteiger partial charge on any atom is -0.445 e. The number of aryl methyl sites for hydroxylation is 1. The first-order valence-electron chi connectivity index (χ1n) is 15.4. The highest BCUT2D eigenvalue weighted by Gasteiger charge is 2.31. The summed E-state index contributed by atoms with van der Waals surface area (Å²) in [6.45, 7) is 8.52. The molecular formula is C38H39N3O3. The fraction of sp³-hybridized carbons (Fsp3) is 0.263. The van der Waals surface area contributed by atoms with E-state index in [1.807, 2.05) is 55.5 Å². The van der Waals surface area contributed by atoms with E-state index in [4.69, 9.17) is 4.74 Å². The van der Waals surface area contributed by atoms with Crippen LogP contribution in [0.15, 0.2) is 103 Å². The molecule has 2 heterocycles. The molecule has 1 saturated heterocycles. The predicted molar refractivity (Wildman–Crippen MR) is 176 cm³/mol. The van der Waals surface area contributed by atoms with Crippen LogP contribution in [0.2, 0.25) is 0 Å². The van der Waals surface area contributed by atoms with Crippen LogP contribution in [0.1, 0.15) is 46.1 Å². The van der Waals surface area contributed by atoms with Gasteiger partial charge >= 0.3 is 6.09 Å². The lowest BCUT2D eigenvalue weighted by atomic mass is 10.00. The Hall–Kier alpha value is -4.84. The first kappa shape index (κ1) is 29.2. The van der Waals surface area contributed by atoms with E-state index in [-0.39, 0.29) is 30.6 Å². The summed E-state index contributed by atoms with van der Waals surface area (Å²) in [7, 11) is 0. The molecule has 1 fully saturated rings. The second-order valence-corrected chi connectivity index (χ2v) is 11.9. The number of ether oxygens (including phenoxy) is 1. The van der Waals surface area contributed by atoms with Crippen molar-refractivity contribution >= 4 is 22.9 Å². The van der Waals surface area contributed by atoms with Gasteiger partial charge in [-0.2, -0.15) is 0 Å². The van der Waals surface area contributed by atoms with Crippen molar-refractivity contribution in [1.29, 1.82) is 0 Å². The molecule has 0 unspecified atom stereocenters. The van der Waals surface area contributed by atoms with Gasteiger partial charge in [-0.05, 0) is 79.1 Å². The molecule has 44 heavy (non-hydrogen) atoms. The molecule has 1 aliphatic rings. The largest absolute Gasteiger partial charge is 0.445 e. The molecule has 0 radical (unpaired) electrons. The van der Waals surface area contributed by atoms with Crippen molar-refractivity contribution in [2.24, 2.45) is 5.92 Å². The maximum absolute atomic E-state index is 13.4. The van der Waals surface area contributed by atoms with Gasteiger partial charge in [0.05, 0.1) is 0 Å². The Balaban J connectivity index is 1.09. The zero-order chi connectivity index (χ0) is 30.6. The molecule has 6 rings (SSSR count). The third kappa shape index (κ3) is 6.25. The van der Waals surface area contributed by atoms with Gasteiger partial charge in [0, 0.05) is 47.8 Å². The molecule has 224 valence electrons. The summed E-state index contributed by atoms with van der Waals surface area (Å²) in [5.41, 5.74) is 8.77. The van der Waals surface area contributed by atoms with Crippen LogP contribution in [0.3, 0.4) is 0 Å². The first-order valence-corrected chi connectivity index (χ1v) is 15.4. The highest BCUT2D eigenvalue weighted by Crippen LogP contribution is 2.28. The quantitative estimate of drug-likeness (QED) is 0.203. The normalized spacial score (nSPS) is 15.3. The average molecular weight is 586 g/mol. The molecule has 0 spiro atoms. The van der Waals surface area contributed by atoms with Gasteiger partial charge < -0.3 is 19.5 Å². The number of amides is 2. The number of aromatic nitrogens is 1. The van der Waals surface area contributed by atoms with Crippen LogP contribution in [0, 0.1) is 19.8 Å². The highest BCUT2D eigenvalue weighted by atomic mass is 16.6. The van der Waals surface area contributed by atoms with E-state index in [2.05, 4.69) is 78.3 Å². The van der Waals surface area contributed by atoms with Crippen LogP contribution >= 0.6 is 0 Å². The Bertz CT molecular complexity index is 1760. The number of hydrogen-bond acceptors (Lipinski definition) is 3. The first-order chi connectivity index (χ1) is 21.4. The van der Waals surface area contributed by atoms with Gasteiger partial charge in [-0.3, -0.25) is 4.79 Å². The number of fused-ring (bicyclic) bond motifs is 1. The molecular weight excluding hydrogens is 546 g/mol. The summed E-state index contributed by atoms with van der Waals surface area (Å²) >= 11 is 0. The molecule has 5 aromatic rings. The minimum atomic E-state index is -0.303. The van der Waals surface area contributed by atoms with Crippen molar-refractivity contribution in [1.82, 2.24) is 14.8 Å². The lowest BCUT2D eigenvalue weighted by Crippen LogP contribution is -2.40. The smallest absolute Gasteiger partial charge is 0.410 e. The van der Waals surface area contributed by atoms with Crippen LogP contribution < -0.4 is 5.32 Å². The third-order valence-corrected chi connectivity index (χ3v) is 9.06. The maximum atomic E-state index is 13.4. The van der Waals surface area contributed by atoms with E-state index < -0.39 is 0 Å². The molecule has 1 aromatic heterocycles. The molecule has 0 bridgehead atoms. The predicted octanol–water partition coefficient (Wildman–Crippen LogP) is 7.75. The van der Waals surface area contributed by atoms with E-state index in [0.717, 1.165) is 29.4 Å². The van der Waals surface area contributed by atoms with Gasteiger partial charge in [-0.1, -0.05) is 84.9 Å². The number of carbonyl (C=O) groups excluding carboxylic acids is 2. The van der Waals surface area contributed by atoms with E-state index in [1.54, 1.807) is 4.90 Å². The van der Waals surface area contributed by atoms with E-state index >= 15 is 0 Å². The van der Waals surface area contributed by atoms with Crippen LogP contribution in [-0.4, -0.2) is 40.6 Å². The fourth-order valence-corrected chi connectivity index (χ4v) is 6.19. The van der Waals surface area contributed by atoms with Crippen LogP contribution in [0.25, 0.3) is 22.0 Å². The fourth-order valence-electron chi connectivity index (χ4n) is 6.19. The zero-order valence-corrected chi connectivity index (χ0v) is 25.6. The number of carbonyl (C=O) groups is 2. The van der Waals surface area contributed by atoms with Gasteiger partial charge in [0.15, 0.2) is 0 Å². The summed E-state index contributed by atoms with van der Waals surface area (Å²) in [4.78, 5) is 27.7. The number of nitrogens with one attached hydrogen (secondary N) is 1. The molecule has 1 N–H and O–H groups in total. The summed E-state index contributed by atoms with van der Waals surface area (Å²) in [5.74, 6) is 0.0797. The van der Waals surface area contributed by atoms with Gasteiger partial charge in [-0.15, -0.1) is 0 Å². The Morgan fingerprint density at radius 2 is 1.55 bits per heavy atom. The standard InChI is InChI=1S/C38H39N3O3/c1-26-28(3)41(23-29-14-16-32(17-15-29)31-12-8-5-9-13-31)36-19-18-33(22-35(26)36)37(42)39-27(2)34-20-21-40(24-34)38(43)44-25-30-10-6-4-7-11-30/h4-19,22,27,34H,20-21,23-25H2,1-3H3,(H,39,42)/t27-,34+/m0/s1. The minimum absolute atomic E-state index is 0.0728. The van der Waals surface area contributed by atoms with E-state index in [1.165, 1.54) is 27.9 Å². The molecule has 2 atom stereocenters. The van der Waals surface area contributed by atoms with Crippen molar-refractivity contribution in [3.8, 4) is 11.1 Å². The average Bonchev–Trinajstić information content (AvgIpc) is 3.65. The Kier molecular flexibility index (Phi) is 8.51. The number of benzene rings is 4. The maximum Gasteiger partial charge on any atom is 0.410 e. The van der Waals surface area contributed by atoms with Crippen LogP contribution in [0.4, 0.5) is 4.79 Å². The lowest BCUT2D eigenvalue weighted by molar-refractivity contribution is 0.0923. The molecule has 6 heteroatoms. The number of rotatable bonds is 8. The molecule has 2 amide bonds.